The van der Waals surface area contributed by atoms with Gasteiger partial charge in [0.1, 0.15) is 0 Å². The van der Waals surface area contributed by atoms with E-state index >= 15 is 0 Å². The van der Waals surface area contributed by atoms with Crippen molar-refractivity contribution in [3.63, 3.8) is 0 Å². The van der Waals surface area contributed by atoms with Crippen LogP contribution in [0.1, 0.15) is 79.1 Å². The number of hydrogen-bond donors (Lipinski definition) is 4. The molecule has 136 valence electrons. The monoisotopic (exact) mass is 328 g/mol. The molecule has 0 aromatic heterocycles. The van der Waals surface area contributed by atoms with Gasteiger partial charge in [0.05, 0.1) is 0 Å². The zero-order chi connectivity index (χ0) is 16.5. The van der Waals surface area contributed by atoms with Crippen LogP contribution in [0.15, 0.2) is 0 Å². The Hall–Kier alpha value is 0.0569. The SMILES string of the molecule is CCCCO.CCCCO.CCCCO.CCCCO.[SiH4]. The van der Waals surface area contributed by atoms with Crippen LogP contribution in [-0.2, 0) is 0 Å². The summed E-state index contributed by atoms with van der Waals surface area (Å²) in [7, 11) is 0. The van der Waals surface area contributed by atoms with E-state index in [1.165, 1.54) is 0 Å². The minimum Gasteiger partial charge on any atom is -0.396 e. The summed E-state index contributed by atoms with van der Waals surface area (Å²) in [6.07, 6.45) is 8.15. The maximum Gasteiger partial charge on any atom is 0.0430 e. The minimum atomic E-state index is 0. The lowest BCUT2D eigenvalue weighted by molar-refractivity contribution is 0.286. The summed E-state index contributed by atoms with van der Waals surface area (Å²) < 4.78 is 0. The van der Waals surface area contributed by atoms with Gasteiger partial charge in [-0.25, -0.2) is 0 Å². The first-order chi connectivity index (χ1) is 9.66. The van der Waals surface area contributed by atoms with E-state index < -0.39 is 0 Å². The first-order valence-electron chi connectivity index (χ1n) is 8.09. The Morgan fingerprint density at radius 1 is 0.429 bits per heavy atom. The standard InChI is InChI=1S/4C4H10O.H4Si/c4*1-2-3-4-5;/h4*5H,2-4H2,1H3;1H4. The van der Waals surface area contributed by atoms with Crippen LogP contribution in [0.2, 0.25) is 0 Å². The van der Waals surface area contributed by atoms with Gasteiger partial charge in [0.2, 0.25) is 0 Å². The fraction of sp³-hybridized carbons (Fsp3) is 1.00. The van der Waals surface area contributed by atoms with Crippen molar-refractivity contribution in [1.82, 2.24) is 0 Å². The van der Waals surface area contributed by atoms with Crippen molar-refractivity contribution in [3.8, 4) is 0 Å². The highest BCUT2D eigenvalue weighted by Gasteiger charge is 1.70. The third-order valence-corrected chi connectivity index (χ3v) is 2.05. The smallest absolute Gasteiger partial charge is 0.0430 e. The van der Waals surface area contributed by atoms with Gasteiger partial charge in [-0.3, -0.25) is 0 Å². The van der Waals surface area contributed by atoms with E-state index in [0.717, 1.165) is 51.4 Å². The second-order valence-electron chi connectivity index (χ2n) is 4.31. The summed E-state index contributed by atoms with van der Waals surface area (Å²) in [5.74, 6) is 0. The zero-order valence-electron chi connectivity index (χ0n) is 14.3. The van der Waals surface area contributed by atoms with E-state index in [1.54, 1.807) is 0 Å². The molecule has 0 radical (unpaired) electrons. The highest BCUT2D eigenvalue weighted by Crippen LogP contribution is 1.80. The molecule has 0 saturated carbocycles. The predicted molar refractivity (Wildman–Crippen MR) is 99.3 cm³/mol. The van der Waals surface area contributed by atoms with Gasteiger partial charge in [-0.15, -0.1) is 0 Å². The molecule has 0 rings (SSSR count). The molecule has 0 aliphatic heterocycles. The van der Waals surface area contributed by atoms with E-state index in [9.17, 15) is 0 Å². The zero-order valence-corrected chi connectivity index (χ0v) is 14.3. The lowest BCUT2D eigenvalue weighted by Gasteiger charge is -1.79. The fourth-order valence-electron chi connectivity index (χ4n) is 0.632. The molecule has 0 spiro atoms. The number of rotatable bonds is 8. The number of aliphatic hydroxyl groups is 4. The summed E-state index contributed by atoms with van der Waals surface area (Å²) in [6, 6.07) is 0. The molecule has 0 fully saturated rings. The molecule has 0 aliphatic rings. The van der Waals surface area contributed by atoms with Gasteiger partial charge < -0.3 is 20.4 Å². The lowest BCUT2D eigenvalue weighted by atomic mass is 10.4. The highest BCUT2D eigenvalue weighted by atomic mass is 28.1. The normalized spacial score (nSPS) is 8.00. The molecular formula is C16H44O4Si. The first kappa shape index (κ1) is 32.9. The Morgan fingerprint density at radius 2 is 0.571 bits per heavy atom. The Balaban J connectivity index is -0.0000000533. The molecule has 5 heteroatoms. The van der Waals surface area contributed by atoms with E-state index in [1.807, 2.05) is 0 Å². The fourth-order valence-corrected chi connectivity index (χ4v) is 0.632. The van der Waals surface area contributed by atoms with Crippen molar-refractivity contribution < 1.29 is 20.4 Å². The Bertz CT molecular complexity index is 74.3. The van der Waals surface area contributed by atoms with Gasteiger partial charge in [-0.1, -0.05) is 53.4 Å². The van der Waals surface area contributed by atoms with E-state index in [4.69, 9.17) is 20.4 Å². The average molecular weight is 329 g/mol. The molecule has 0 bridgehead atoms. The molecule has 4 nitrogen and oxygen atoms in total. The predicted octanol–water partition coefficient (Wildman–Crippen LogP) is 1.66. The lowest BCUT2D eigenvalue weighted by Crippen LogP contribution is -1.75. The van der Waals surface area contributed by atoms with Crippen molar-refractivity contribution in [1.29, 1.82) is 0 Å². The quantitative estimate of drug-likeness (QED) is 0.511. The second kappa shape index (κ2) is 50.1. The summed E-state index contributed by atoms with van der Waals surface area (Å²) in [4.78, 5) is 0. The van der Waals surface area contributed by atoms with E-state index in [0.29, 0.717) is 26.4 Å². The molecule has 0 saturated heterocycles. The molecule has 0 atom stereocenters. The van der Waals surface area contributed by atoms with Crippen molar-refractivity contribution in [2.75, 3.05) is 26.4 Å². The Kier molecular flexibility index (Phi) is 78.4. The van der Waals surface area contributed by atoms with Crippen LogP contribution < -0.4 is 0 Å². The van der Waals surface area contributed by atoms with E-state index in [-0.39, 0.29) is 11.0 Å². The molecule has 0 amide bonds. The number of aliphatic hydroxyl groups excluding tert-OH is 4. The van der Waals surface area contributed by atoms with Crippen LogP contribution in [0.4, 0.5) is 0 Å². The first-order valence-corrected chi connectivity index (χ1v) is 8.09. The van der Waals surface area contributed by atoms with Crippen LogP contribution in [0.25, 0.3) is 0 Å². The molecule has 0 heterocycles. The van der Waals surface area contributed by atoms with Gasteiger partial charge in [0.15, 0.2) is 0 Å². The van der Waals surface area contributed by atoms with Crippen molar-refractivity contribution in [2.45, 2.75) is 79.1 Å². The topological polar surface area (TPSA) is 80.9 Å². The van der Waals surface area contributed by atoms with Crippen molar-refractivity contribution in [3.05, 3.63) is 0 Å². The van der Waals surface area contributed by atoms with Gasteiger partial charge in [0.25, 0.3) is 0 Å². The van der Waals surface area contributed by atoms with Crippen LogP contribution in [-0.4, -0.2) is 57.8 Å². The van der Waals surface area contributed by atoms with Crippen molar-refractivity contribution >= 4 is 11.0 Å². The van der Waals surface area contributed by atoms with Gasteiger partial charge in [0, 0.05) is 26.4 Å². The number of unbranched alkanes of at least 4 members (excludes halogenated alkanes) is 4. The Labute approximate surface area is 137 Å². The van der Waals surface area contributed by atoms with Crippen LogP contribution >= 0.6 is 0 Å². The molecule has 21 heavy (non-hydrogen) atoms. The molecule has 0 aromatic rings. The van der Waals surface area contributed by atoms with Crippen molar-refractivity contribution in [2.24, 2.45) is 0 Å². The maximum absolute atomic E-state index is 8.07. The summed E-state index contributed by atoms with van der Waals surface area (Å²) in [6.45, 7) is 9.58. The second-order valence-corrected chi connectivity index (χ2v) is 4.31. The molecule has 0 unspecified atom stereocenters. The molecule has 0 aromatic carbocycles. The van der Waals surface area contributed by atoms with Gasteiger partial charge in [-0.2, -0.15) is 0 Å². The van der Waals surface area contributed by atoms with E-state index in [2.05, 4.69) is 27.7 Å². The molecular weight excluding hydrogens is 284 g/mol. The Morgan fingerprint density at radius 3 is 0.571 bits per heavy atom. The largest absolute Gasteiger partial charge is 0.396 e. The average Bonchev–Trinajstić information content (AvgIpc) is 2.44. The molecule has 0 aliphatic carbocycles. The summed E-state index contributed by atoms with van der Waals surface area (Å²) >= 11 is 0. The van der Waals surface area contributed by atoms with Gasteiger partial charge >= 0.3 is 0 Å². The maximum atomic E-state index is 8.07. The van der Waals surface area contributed by atoms with Crippen LogP contribution in [0, 0.1) is 0 Å². The molecule has 4 N–H and O–H groups in total. The van der Waals surface area contributed by atoms with Crippen LogP contribution in [0.3, 0.4) is 0 Å². The third-order valence-electron chi connectivity index (χ3n) is 2.05. The summed E-state index contributed by atoms with van der Waals surface area (Å²) in [5.41, 5.74) is 0. The number of hydrogen-bond acceptors (Lipinski definition) is 4. The highest BCUT2D eigenvalue weighted by molar-refractivity contribution is 5.75. The van der Waals surface area contributed by atoms with Gasteiger partial charge in [-0.05, 0) is 36.6 Å². The summed E-state index contributed by atoms with van der Waals surface area (Å²) in [5, 5.41) is 32.3. The van der Waals surface area contributed by atoms with Crippen LogP contribution in [0.5, 0.6) is 0 Å². The third kappa shape index (κ3) is 101. The minimum absolute atomic E-state index is 0.